The van der Waals surface area contributed by atoms with E-state index in [4.69, 9.17) is 0 Å². The topological polar surface area (TPSA) is 43.9 Å². The first-order valence-corrected chi connectivity index (χ1v) is 9.41. The summed E-state index contributed by atoms with van der Waals surface area (Å²) in [5.74, 6) is 0.600. The van der Waals surface area contributed by atoms with Crippen LogP contribution in [0.4, 0.5) is 5.69 Å². The Bertz CT molecular complexity index is 606. The quantitative estimate of drug-likeness (QED) is 0.847. The molecule has 0 aromatic heterocycles. The third-order valence-electron chi connectivity index (χ3n) is 5.43. The van der Waals surface area contributed by atoms with Gasteiger partial charge in [0.15, 0.2) is 0 Å². The molecule has 0 radical (unpaired) electrons. The Labute approximate surface area is 150 Å². The molecule has 0 atom stereocenters. The molecule has 0 N–H and O–H groups in total. The second-order valence-corrected chi connectivity index (χ2v) is 7.39. The minimum atomic E-state index is 0.0699. The smallest absolute Gasteiger partial charge is 0.253 e. The Balaban J connectivity index is 1.60. The maximum Gasteiger partial charge on any atom is 0.253 e. The van der Waals surface area contributed by atoms with Gasteiger partial charge in [-0.1, -0.05) is 12.8 Å². The van der Waals surface area contributed by atoms with Gasteiger partial charge in [-0.25, -0.2) is 0 Å². The zero-order valence-electron chi connectivity index (χ0n) is 15.4. The van der Waals surface area contributed by atoms with Gasteiger partial charge in [-0.05, 0) is 43.5 Å². The molecule has 0 bridgehead atoms. The van der Waals surface area contributed by atoms with Gasteiger partial charge in [-0.3, -0.25) is 9.59 Å². The van der Waals surface area contributed by atoms with E-state index < -0.39 is 0 Å². The molecule has 1 heterocycles. The van der Waals surface area contributed by atoms with Crippen LogP contribution in [0.5, 0.6) is 0 Å². The van der Waals surface area contributed by atoms with Gasteiger partial charge in [-0.2, -0.15) is 0 Å². The maximum absolute atomic E-state index is 12.8. The summed E-state index contributed by atoms with van der Waals surface area (Å²) >= 11 is 0. The average Bonchev–Trinajstić information content (AvgIpc) is 3.05. The van der Waals surface area contributed by atoms with Crippen LogP contribution in [0.25, 0.3) is 0 Å². The van der Waals surface area contributed by atoms with E-state index in [0.29, 0.717) is 19.0 Å². The fraction of sp³-hybridized carbons (Fsp3) is 0.600. The lowest BCUT2D eigenvalue weighted by molar-refractivity contribution is -0.135. The van der Waals surface area contributed by atoms with Crippen LogP contribution in [-0.4, -0.2) is 61.9 Å². The van der Waals surface area contributed by atoms with E-state index >= 15 is 0 Å². The maximum atomic E-state index is 12.8. The van der Waals surface area contributed by atoms with E-state index in [1.165, 1.54) is 12.8 Å². The van der Waals surface area contributed by atoms with Crippen molar-refractivity contribution in [3.63, 3.8) is 0 Å². The summed E-state index contributed by atoms with van der Waals surface area (Å²) in [6.45, 7) is 2.80. The average molecular weight is 343 g/mol. The number of rotatable bonds is 3. The molecule has 3 rings (SSSR count). The molecule has 5 nitrogen and oxygen atoms in total. The van der Waals surface area contributed by atoms with E-state index in [-0.39, 0.29) is 11.8 Å². The first kappa shape index (κ1) is 17.8. The Morgan fingerprint density at radius 3 is 2.12 bits per heavy atom. The number of amides is 2. The highest BCUT2D eigenvalue weighted by Gasteiger charge is 2.29. The lowest BCUT2D eigenvalue weighted by atomic mass is 10.1. The van der Waals surface area contributed by atoms with Crippen molar-refractivity contribution in [3.8, 4) is 0 Å². The number of hydrogen-bond donors (Lipinski definition) is 0. The fourth-order valence-electron chi connectivity index (χ4n) is 3.86. The normalized spacial score (nSPS) is 19.0. The Kier molecular flexibility index (Phi) is 5.61. The van der Waals surface area contributed by atoms with Crippen molar-refractivity contribution in [3.05, 3.63) is 29.8 Å². The SMILES string of the molecule is CN(C)c1ccc(C(=O)N2CCCN(C(=O)C3CCCC3)CC2)cc1. The van der Waals surface area contributed by atoms with Crippen molar-refractivity contribution in [2.24, 2.45) is 5.92 Å². The zero-order chi connectivity index (χ0) is 17.8. The molecular formula is C20H29N3O2. The Hall–Kier alpha value is -2.04. The van der Waals surface area contributed by atoms with Crippen LogP contribution in [0, 0.1) is 5.92 Å². The molecule has 1 saturated carbocycles. The van der Waals surface area contributed by atoms with E-state index in [1.54, 1.807) is 0 Å². The van der Waals surface area contributed by atoms with Crippen LogP contribution in [0.2, 0.25) is 0 Å². The molecule has 1 aromatic carbocycles. The molecule has 136 valence electrons. The van der Waals surface area contributed by atoms with E-state index in [2.05, 4.69) is 0 Å². The zero-order valence-corrected chi connectivity index (χ0v) is 15.4. The van der Waals surface area contributed by atoms with Crippen LogP contribution < -0.4 is 4.90 Å². The van der Waals surface area contributed by atoms with Gasteiger partial charge in [0.05, 0.1) is 0 Å². The van der Waals surface area contributed by atoms with Crippen LogP contribution in [-0.2, 0) is 4.79 Å². The molecule has 0 spiro atoms. The number of anilines is 1. The first-order chi connectivity index (χ1) is 12.1. The fourth-order valence-corrected chi connectivity index (χ4v) is 3.86. The molecule has 1 aliphatic carbocycles. The molecule has 2 fully saturated rings. The summed E-state index contributed by atoms with van der Waals surface area (Å²) in [5.41, 5.74) is 1.81. The lowest BCUT2D eigenvalue weighted by Crippen LogP contribution is -2.39. The van der Waals surface area contributed by atoms with Gasteiger partial charge >= 0.3 is 0 Å². The highest BCUT2D eigenvalue weighted by Crippen LogP contribution is 2.27. The number of nitrogens with zero attached hydrogens (tertiary/aromatic N) is 3. The molecule has 1 aromatic rings. The Morgan fingerprint density at radius 1 is 0.880 bits per heavy atom. The van der Waals surface area contributed by atoms with Gasteiger partial charge in [-0.15, -0.1) is 0 Å². The predicted octanol–water partition coefficient (Wildman–Crippen LogP) is 2.62. The first-order valence-electron chi connectivity index (χ1n) is 9.41. The summed E-state index contributed by atoms with van der Waals surface area (Å²) in [5, 5.41) is 0. The van der Waals surface area contributed by atoms with Crippen LogP contribution in [0.15, 0.2) is 24.3 Å². The molecule has 5 heteroatoms. The summed E-state index contributed by atoms with van der Waals surface area (Å²) < 4.78 is 0. The van der Waals surface area contributed by atoms with Crippen molar-refractivity contribution in [1.82, 2.24) is 9.80 Å². The molecule has 0 unspecified atom stereocenters. The van der Waals surface area contributed by atoms with Crippen molar-refractivity contribution in [2.45, 2.75) is 32.1 Å². The number of carbonyl (C=O) groups excluding carboxylic acids is 2. The second-order valence-electron chi connectivity index (χ2n) is 7.39. The second kappa shape index (κ2) is 7.89. The lowest BCUT2D eigenvalue weighted by Gasteiger charge is -2.24. The van der Waals surface area contributed by atoms with Crippen LogP contribution in [0.3, 0.4) is 0 Å². The molecule has 1 aliphatic heterocycles. The molecular weight excluding hydrogens is 314 g/mol. The predicted molar refractivity (Wildman–Crippen MR) is 99.8 cm³/mol. The van der Waals surface area contributed by atoms with Crippen molar-refractivity contribution in [2.75, 3.05) is 45.2 Å². The van der Waals surface area contributed by atoms with Gasteiger partial charge in [0.1, 0.15) is 0 Å². The molecule has 25 heavy (non-hydrogen) atoms. The van der Waals surface area contributed by atoms with Crippen molar-refractivity contribution < 1.29 is 9.59 Å². The summed E-state index contributed by atoms with van der Waals surface area (Å²) in [6.07, 6.45) is 5.29. The number of benzene rings is 1. The van der Waals surface area contributed by atoms with Crippen LogP contribution >= 0.6 is 0 Å². The highest BCUT2D eigenvalue weighted by molar-refractivity contribution is 5.94. The van der Waals surface area contributed by atoms with Crippen molar-refractivity contribution >= 4 is 17.5 Å². The van der Waals surface area contributed by atoms with Crippen molar-refractivity contribution in [1.29, 1.82) is 0 Å². The van der Waals surface area contributed by atoms with E-state index in [0.717, 1.165) is 43.6 Å². The summed E-state index contributed by atoms with van der Waals surface area (Å²) in [7, 11) is 3.98. The van der Waals surface area contributed by atoms with E-state index in [1.807, 2.05) is 53.1 Å². The van der Waals surface area contributed by atoms with Gasteiger partial charge in [0.2, 0.25) is 5.91 Å². The summed E-state index contributed by atoms with van der Waals surface area (Å²) in [4.78, 5) is 31.3. The minimum Gasteiger partial charge on any atom is -0.378 e. The standard InChI is InChI=1S/C20H29N3O2/c1-21(2)18-10-8-17(9-11-18)20(25)23-13-5-12-22(14-15-23)19(24)16-6-3-4-7-16/h8-11,16H,3-7,12-15H2,1-2H3. The van der Waals surface area contributed by atoms with Gasteiger partial charge in [0, 0.05) is 57.4 Å². The third-order valence-corrected chi connectivity index (χ3v) is 5.43. The summed E-state index contributed by atoms with van der Waals surface area (Å²) in [6, 6.07) is 7.73. The number of carbonyl (C=O) groups is 2. The van der Waals surface area contributed by atoms with E-state index in [9.17, 15) is 9.59 Å². The van der Waals surface area contributed by atoms with Crippen LogP contribution in [0.1, 0.15) is 42.5 Å². The third kappa shape index (κ3) is 4.14. The largest absolute Gasteiger partial charge is 0.378 e. The Morgan fingerprint density at radius 2 is 1.48 bits per heavy atom. The highest BCUT2D eigenvalue weighted by atomic mass is 16.2. The van der Waals surface area contributed by atoms with Gasteiger partial charge in [0.25, 0.3) is 5.91 Å². The van der Waals surface area contributed by atoms with Gasteiger partial charge < -0.3 is 14.7 Å². The molecule has 1 saturated heterocycles. The molecule has 2 aliphatic rings. The minimum absolute atomic E-state index is 0.0699. The monoisotopic (exact) mass is 343 g/mol. The molecule has 2 amide bonds. The number of hydrogen-bond acceptors (Lipinski definition) is 3.